The van der Waals surface area contributed by atoms with Crippen LogP contribution in [-0.2, 0) is 9.53 Å². The van der Waals surface area contributed by atoms with Gasteiger partial charge in [0.1, 0.15) is 6.61 Å². The zero-order valence-corrected chi connectivity index (χ0v) is 9.67. The molecule has 0 atom stereocenters. The van der Waals surface area contributed by atoms with Gasteiger partial charge in [-0.25, -0.2) is 4.79 Å². The molecule has 0 aliphatic rings. The first-order valence-electron chi connectivity index (χ1n) is 4.66. The fourth-order valence-electron chi connectivity index (χ4n) is 0.881. The highest BCUT2D eigenvalue weighted by Crippen LogP contribution is 2.08. The van der Waals surface area contributed by atoms with Crippen molar-refractivity contribution >= 4 is 17.6 Å². The molecular formula is C13H11ClO2. The average Bonchev–Trinajstić information content (AvgIpc) is 2.25. The molecule has 0 bridgehead atoms. The number of rotatable bonds is 2. The van der Waals surface area contributed by atoms with Gasteiger partial charge in [-0.05, 0) is 36.8 Å². The first-order valence-corrected chi connectivity index (χ1v) is 5.04. The molecule has 0 aliphatic heterocycles. The van der Waals surface area contributed by atoms with Gasteiger partial charge in [0, 0.05) is 16.5 Å². The molecule has 16 heavy (non-hydrogen) atoms. The van der Waals surface area contributed by atoms with Crippen molar-refractivity contribution in [3.05, 3.63) is 47.0 Å². The van der Waals surface area contributed by atoms with E-state index in [1.807, 2.05) is 0 Å². The molecule has 1 rings (SSSR count). The molecule has 0 radical (unpaired) electrons. The van der Waals surface area contributed by atoms with Crippen LogP contribution in [-0.4, -0.2) is 12.6 Å². The van der Waals surface area contributed by atoms with Gasteiger partial charge in [-0.2, -0.15) is 0 Å². The Balaban J connectivity index is 2.57. The van der Waals surface area contributed by atoms with Crippen molar-refractivity contribution in [2.24, 2.45) is 0 Å². The van der Waals surface area contributed by atoms with E-state index in [2.05, 4.69) is 18.4 Å². The molecule has 0 saturated carbocycles. The van der Waals surface area contributed by atoms with Gasteiger partial charge in [0.25, 0.3) is 0 Å². The molecule has 2 nitrogen and oxygen atoms in total. The van der Waals surface area contributed by atoms with E-state index in [0.29, 0.717) is 5.02 Å². The Morgan fingerprint density at radius 2 is 2.06 bits per heavy atom. The van der Waals surface area contributed by atoms with Gasteiger partial charge in [0.05, 0.1) is 0 Å². The van der Waals surface area contributed by atoms with E-state index < -0.39 is 5.97 Å². The van der Waals surface area contributed by atoms with Crippen LogP contribution in [0, 0.1) is 11.8 Å². The molecule has 0 saturated heterocycles. The van der Waals surface area contributed by atoms with Crippen LogP contribution in [0.15, 0.2) is 36.4 Å². The average molecular weight is 235 g/mol. The summed E-state index contributed by atoms with van der Waals surface area (Å²) in [5.74, 6) is 4.50. The van der Waals surface area contributed by atoms with Gasteiger partial charge in [-0.15, -0.1) is 0 Å². The molecule has 0 aromatic heterocycles. The fraction of sp³-hybridized carbons (Fsp3) is 0.154. The van der Waals surface area contributed by atoms with E-state index in [1.165, 1.54) is 0 Å². The second-order valence-electron chi connectivity index (χ2n) is 3.29. The second-order valence-corrected chi connectivity index (χ2v) is 3.73. The number of hydrogen-bond acceptors (Lipinski definition) is 2. The topological polar surface area (TPSA) is 26.3 Å². The lowest BCUT2D eigenvalue weighted by molar-refractivity contribution is -0.135. The predicted octanol–water partition coefficient (Wildman–Crippen LogP) is 2.81. The minimum atomic E-state index is -0.557. The van der Waals surface area contributed by atoms with Crippen LogP contribution in [0.1, 0.15) is 12.5 Å². The molecule has 0 heterocycles. The van der Waals surface area contributed by atoms with Crippen LogP contribution in [0.25, 0.3) is 0 Å². The molecule has 1 aromatic carbocycles. The fourth-order valence-corrected chi connectivity index (χ4v) is 1.01. The van der Waals surface area contributed by atoms with Crippen molar-refractivity contribution in [3.8, 4) is 11.8 Å². The Morgan fingerprint density at radius 1 is 1.44 bits per heavy atom. The predicted molar refractivity (Wildman–Crippen MR) is 64.1 cm³/mol. The molecular weight excluding hydrogens is 224 g/mol. The van der Waals surface area contributed by atoms with E-state index in [4.69, 9.17) is 16.3 Å². The Bertz CT molecular complexity index is 449. The molecule has 82 valence electrons. The summed E-state index contributed by atoms with van der Waals surface area (Å²) in [5.41, 5.74) is 1.50. The minimum Gasteiger partial charge on any atom is -0.452 e. The van der Waals surface area contributed by atoms with Gasteiger partial charge in [-0.1, -0.05) is 24.1 Å². The van der Waals surface area contributed by atoms with E-state index in [9.17, 15) is 4.79 Å². The zero-order valence-electron chi connectivity index (χ0n) is 8.92. The summed E-state index contributed by atoms with van der Waals surface area (Å²) in [7, 11) is 0. The maximum atomic E-state index is 11.1. The number of carbonyl (C=O) groups excluding carboxylic acids is 1. The lowest BCUT2D eigenvalue weighted by Gasteiger charge is -1.97. The van der Waals surface area contributed by atoms with Gasteiger partial charge in [0.2, 0.25) is 0 Å². The molecule has 0 N–H and O–H groups in total. The highest BCUT2D eigenvalue weighted by molar-refractivity contribution is 6.30. The van der Waals surface area contributed by atoms with Crippen molar-refractivity contribution in [1.82, 2.24) is 0 Å². The van der Waals surface area contributed by atoms with Crippen LogP contribution in [0.5, 0.6) is 0 Å². The van der Waals surface area contributed by atoms with Crippen LogP contribution in [0.3, 0.4) is 0 Å². The summed E-state index contributed by atoms with van der Waals surface area (Å²) in [4.78, 5) is 11.1. The summed E-state index contributed by atoms with van der Waals surface area (Å²) < 4.78 is 4.81. The number of esters is 1. The van der Waals surface area contributed by atoms with Crippen LogP contribution in [0.2, 0.25) is 5.02 Å². The summed E-state index contributed by atoms with van der Waals surface area (Å²) in [6, 6.07) is 6.90. The molecule has 1 aromatic rings. The summed E-state index contributed by atoms with van der Waals surface area (Å²) in [6.45, 7) is 5.60. The molecule has 0 aliphatic carbocycles. The van der Waals surface area contributed by atoms with Crippen LogP contribution in [0.4, 0.5) is 0 Å². The maximum absolute atomic E-state index is 11.1. The number of benzene rings is 1. The van der Waals surface area contributed by atoms with Gasteiger partial charge in [-0.3, -0.25) is 0 Å². The quantitative estimate of drug-likeness (QED) is 0.447. The van der Waals surface area contributed by atoms with Crippen molar-refractivity contribution in [2.45, 2.75) is 6.92 Å². The van der Waals surface area contributed by atoms with Crippen molar-refractivity contribution < 1.29 is 9.53 Å². The Hall–Kier alpha value is -1.72. The van der Waals surface area contributed by atoms with Crippen molar-refractivity contribution in [3.63, 3.8) is 0 Å². The summed E-state index contributed by atoms with van der Waals surface area (Å²) in [5, 5.41) is 0.635. The van der Waals surface area contributed by atoms with Crippen LogP contribution >= 0.6 is 11.6 Å². The van der Waals surface area contributed by atoms with Gasteiger partial charge >= 0.3 is 5.97 Å². The standard InChI is InChI=1S/C13H11ClO2/c1-10(2)9-16-13(15)8-5-11-3-6-12(14)7-4-11/h3-4,6-7H,1,9H2,2H3. The largest absolute Gasteiger partial charge is 0.452 e. The maximum Gasteiger partial charge on any atom is 0.385 e. The lowest BCUT2D eigenvalue weighted by atomic mass is 10.2. The molecule has 0 unspecified atom stereocenters. The van der Waals surface area contributed by atoms with Crippen molar-refractivity contribution in [2.75, 3.05) is 6.61 Å². The highest BCUT2D eigenvalue weighted by atomic mass is 35.5. The highest BCUT2D eigenvalue weighted by Gasteiger charge is 1.96. The lowest BCUT2D eigenvalue weighted by Crippen LogP contribution is -2.03. The second kappa shape index (κ2) is 5.99. The van der Waals surface area contributed by atoms with E-state index in [-0.39, 0.29) is 6.61 Å². The number of ether oxygens (including phenoxy) is 1. The molecule has 3 heteroatoms. The first-order chi connectivity index (χ1) is 7.58. The monoisotopic (exact) mass is 234 g/mol. The summed E-state index contributed by atoms with van der Waals surface area (Å²) >= 11 is 5.71. The van der Waals surface area contributed by atoms with E-state index >= 15 is 0 Å². The van der Waals surface area contributed by atoms with Crippen molar-refractivity contribution in [1.29, 1.82) is 0 Å². The number of carbonyl (C=O) groups is 1. The Kier molecular flexibility index (Phi) is 4.63. The molecule has 0 fully saturated rings. The zero-order chi connectivity index (χ0) is 12.0. The third-order valence-corrected chi connectivity index (χ3v) is 1.85. The third-order valence-electron chi connectivity index (χ3n) is 1.60. The third kappa shape index (κ3) is 4.68. The van der Waals surface area contributed by atoms with Crippen LogP contribution < -0.4 is 0 Å². The van der Waals surface area contributed by atoms with Gasteiger partial charge < -0.3 is 4.74 Å². The smallest absolute Gasteiger partial charge is 0.385 e. The molecule has 0 spiro atoms. The van der Waals surface area contributed by atoms with Gasteiger partial charge in [0.15, 0.2) is 0 Å². The molecule has 0 amide bonds. The Labute approximate surface area is 99.9 Å². The first kappa shape index (κ1) is 12.4. The normalized spacial score (nSPS) is 8.88. The SMILES string of the molecule is C=C(C)COC(=O)C#Cc1ccc(Cl)cc1. The number of halogens is 1. The van der Waals surface area contributed by atoms with E-state index in [1.54, 1.807) is 31.2 Å². The number of hydrogen-bond donors (Lipinski definition) is 0. The van der Waals surface area contributed by atoms with E-state index in [0.717, 1.165) is 11.1 Å². The Morgan fingerprint density at radius 3 is 2.62 bits per heavy atom. The summed E-state index contributed by atoms with van der Waals surface area (Å²) in [6.07, 6.45) is 0. The minimum absolute atomic E-state index is 0.203.